The summed E-state index contributed by atoms with van der Waals surface area (Å²) in [6.45, 7) is 5.66. The lowest BCUT2D eigenvalue weighted by molar-refractivity contribution is -0.139. The van der Waals surface area contributed by atoms with Crippen LogP contribution in [0.15, 0.2) is 108 Å². The average Bonchev–Trinajstić information content (AvgIpc) is 2.75. The molecule has 0 aliphatic rings. The molecular weight excluding hydrogens is 364 g/mol. The number of thioether (sulfide) groups is 1. The molecule has 0 aliphatic carbocycles. The van der Waals surface area contributed by atoms with E-state index in [1.807, 2.05) is 30.3 Å². The van der Waals surface area contributed by atoms with Crippen LogP contribution in [-0.2, 0) is 14.3 Å². The molecule has 3 aromatic rings. The van der Waals surface area contributed by atoms with Crippen molar-refractivity contribution < 1.29 is 9.53 Å². The first kappa shape index (κ1) is 20.0. The average molecular weight is 389 g/mol. The molecule has 3 heteroatoms. The fraction of sp³-hybridized carbons (Fsp3) is 0.160. The second-order valence-electron chi connectivity index (χ2n) is 6.64. The van der Waals surface area contributed by atoms with Crippen LogP contribution >= 0.6 is 11.8 Å². The number of ether oxygens (including phenoxy) is 1. The van der Waals surface area contributed by atoms with Gasteiger partial charge >= 0.3 is 5.97 Å². The first-order chi connectivity index (χ1) is 13.6. The van der Waals surface area contributed by atoms with Crippen molar-refractivity contribution in [3.8, 4) is 0 Å². The number of hydrogen-bond acceptors (Lipinski definition) is 3. The van der Waals surface area contributed by atoms with E-state index in [0.717, 1.165) is 0 Å². The van der Waals surface area contributed by atoms with Gasteiger partial charge in [0, 0.05) is 16.9 Å². The van der Waals surface area contributed by atoms with Gasteiger partial charge in [0.2, 0.25) is 0 Å². The van der Waals surface area contributed by atoms with Gasteiger partial charge in [0.15, 0.2) is 0 Å². The number of carbonyl (C=O) groups excluding carboxylic acids is 1. The molecule has 0 radical (unpaired) electrons. The monoisotopic (exact) mass is 388 g/mol. The van der Waals surface area contributed by atoms with Gasteiger partial charge in [-0.2, -0.15) is 0 Å². The predicted octanol–water partition coefficient (Wildman–Crippen LogP) is 6.23. The fourth-order valence-electron chi connectivity index (χ4n) is 3.14. The molecule has 0 saturated carbocycles. The summed E-state index contributed by atoms with van der Waals surface area (Å²) in [6.07, 6.45) is 0.652. The van der Waals surface area contributed by atoms with Crippen LogP contribution in [0, 0.1) is 0 Å². The molecule has 3 rings (SSSR count). The summed E-state index contributed by atoms with van der Waals surface area (Å²) < 4.78 is 5.11. The lowest BCUT2D eigenvalue weighted by Crippen LogP contribution is -2.26. The van der Waals surface area contributed by atoms with Gasteiger partial charge in [-0.05, 0) is 30.2 Å². The molecule has 0 amide bonds. The summed E-state index contributed by atoms with van der Waals surface area (Å²) in [5.41, 5.74) is 2.78. The Labute approximate surface area is 171 Å². The van der Waals surface area contributed by atoms with Gasteiger partial charge in [-0.15, -0.1) is 11.8 Å². The van der Waals surface area contributed by atoms with E-state index in [4.69, 9.17) is 4.74 Å². The molecule has 2 nitrogen and oxygen atoms in total. The molecule has 0 aliphatic heterocycles. The largest absolute Gasteiger partial charge is 0.462 e. The van der Waals surface area contributed by atoms with Crippen LogP contribution in [0.3, 0.4) is 0 Å². The molecule has 0 unspecified atom stereocenters. The SMILES string of the molecule is C=C(C)C(=O)OCCC(Sc1ccccc1)(c1ccccc1)c1ccccc1. The van der Waals surface area contributed by atoms with Crippen molar-refractivity contribution in [2.75, 3.05) is 6.61 Å². The summed E-state index contributed by atoms with van der Waals surface area (Å²) in [7, 11) is 0. The molecule has 0 atom stereocenters. The predicted molar refractivity (Wildman–Crippen MR) is 116 cm³/mol. The summed E-state index contributed by atoms with van der Waals surface area (Å²) in [4.78, 5) is 13.1. The maximum Gasteiger partial charge on any atom is 0.333 e. The van der Waals surface area contributed by atoms with E-state index in [2.05, 4.69) is 67.2 Å². The zero-order valence-electron chi connectivity index (χ0n) is 16.0. The minimum Gasteiger partial charge on any atom is -0.462 e. The first-order valence-electron chi connectivity index (χ1n) is 9.29. The molecule has 142 valence electrons. The molecule has 0 fully saturated rings. The summed E-state index contributed by atoms with van der Waals surface area (Å²) >= 11 is 1.79. The fourth-order valence-corrected chi connectivity index (χ4v) is 4.53. The van der Waals surface area contributed by atoms with Crippen LogP contribution in [0.5, 0.6) is 0 Å². The highest BCUT2D eigenvalue weighted by Crippen LogP contribution is 2.49. The number of esters is 1. The van der Waals surface area contributed by atoms with Crippen molar-refractivity contribution in [3.05, 3.63) is 114 Å². The van der Waals surface area contributed by atoms with Crippen LogP contribution < -0.4 is 0 Å². The maximum absolute atomic E-state index is 11.9. The van der Waals surface area contributed by atoms with E-state index in [0.29, 0.717) is 18.6 Å². The standard InChI is InChI=1S/C25H24O2S/c1-20(2)24(26)27-19-18-25(21-12-6-3-7-13-21,22-14-8-4-9-15-22)28-23-16-10-5-11-17-23/h3-17H,1,18-19H2,2H3. The van der Waals surface area contributed by atoms with E-state index in [-0.39, 0.29) is 10.7 Å². The van der Waals surface area contributed by atoms with Crippen molar-refractivity contribution >= 4 is 17.7 Å². The minimum atomic E-state index is -0.376. The Bertz CT molecular complexity index is 866. The van der Waals surface area contributed by atoms with Gasteiger partial charge in [-0.1, -0.05) is 85.4 Å². The molecule has 0 saturated heterocycles. The molecule has 28 heavy (non-hydrogen) atoms. The molecular formula is C25H24O2S. The Hall–Kier alpha value is -2.78. The zero-order valence-corrected chi connectivity index (χ0v) is 16.8. The summed E-state index contributed by atoms with van der Waals surface area (Å²) in [5, 5.41) is 0. The second-order valence-corrected chi connectivity index (χ2v) is 8.01. The van der Waals surface area contributed by atoms with E-state index in [1.54, 1.807) is 18.7 Å². The normalized spacial score (nSPS) is 11.0. The maximum atomic E-state index is 11.9. The first-order valence-corrected chi connectivity index (χ1v) is 10.1. The third-order valence-electron chi connectivity index (χ3n) is 4.55. The van der Waals surface area contributed by atoms with Crippen molar-refractivity contribution in [1.29, 1.82) is 0 Å². The Morgan fingerprint density at radius 3 is 1.79 bits per heavy atom. The Kier molecular flexibility index (Phi) is 6.72. The Morgan fingerprint density at radius 2 is 1.32 bits per heavy atom. The molecule has 3 aromatic carbocycles. The summed E-state index contributed by atoms with van der Waals surface area (Å²) in [6, 6.07) is 31.2. The topological polar surface area (TPSA) is 26.3 Å². The van der Waals surface area contributed by atoms with Crippen LogP contribution in [0.25, 0.3) is 0 Å². The molecule has 0 aromatic heterocycles. The lowest BCUT2D eigenvalue weighted by Gasteiger charge is -2.34. The highest BCUT2D eigenvalue weighted by molar-refractivity contribution is 8.00. The van der Waals surface area contributed by atoms with E-state index >= 15 is 0 Å². The number of carbonyl (C=O) groups is 1. The Morgan fingerprint density at radius 1 is 0.857 bits per heavy atom. The highest BCUT2D eigenvalue weighted by Gasteiger charge is 2.35. The lowest BCUT2D eigenvalue weighted by atomic mass is 9.87. The van der Waals surface area contributed by atoms with Gasteiger partial charge in [0.05, 0.1) is 11.4 Å². The van der Waals surface area contributed by atoms with Crippen LogP contribution in [-0.4, -0.2) is 12.6 Å². The third-order valence-corrected chi connectivity index (χ3v) is 6.08. The smallest absolute Gasteiger partial charge is 0.333 e. The van der Waals surface area contributed by atoms with E-state index in [9.17, 15) is 4.79 Å². The number of hydrogen-bond donors (Lipinski definition) is 0. The summed E-state index contributed by atoms with van der Waals surface area (Å²) in [5.74, 6) is -0.347. The van der Waals surface area contributed by atoms with Crippen LogP contribution in [0.4, 0.5) is 0 Å². The van der Waals surface area contributed by atoms with Gasteiger partial charge in [-0.3, -0.25) is 0 Å². The third kappa shape index (κ3) is 4.73. The van der Waals surface area contributed by atoms with Gasteiger partial charge in [-0.25, -0.2) is 4.79 Å². The van der Waals surface area contributed by atoms with Gasteiger partial charge in [0.1, 0.15) is 0 Å². The molecule has 0 N–H and O–H groups in total. The van der Waals surface area contributed by atoms with E-state index in [1.165, 1.54) is 16.0 Å². The van der Waals surface area contributed by atoms with Crippen molar-refractivity contribution in [3.63, 3.8) is 0 Å². The van der Waals surface area contributed by atoms with Crippen LogP contribution in [0.1, 0.15) is 24.5 Å². The number of benzene rings is 3. The highest BCUT2D eigenvalue weighted by atomic mass is 32.2. The Balaban J connectivity index is 2.03. The van der Waals surface area contributed by atoms with Crippen molar-refractivity contribution in [2.45, 2.75) is 23.0 Å². The molecule has 0 spiro atoms. The number of rotatable bonds is 8. The molecule has 0 bridgehead atoms. The minimum absolute atomic E-state index is 0.315. The van der Waals surface area contributed by atoms with Gasteiger partial charge < -0.3 is 4.74 Å². The van der Waals surface area contributed by atoms with Crippen LogP contribution in [0.2, 0.25) is 0 Å². The van der Waals surface area contributed by atoms with Gasteiger partial charge in [0.25, 0.3) is 0 Å². The molecule has 0 heterocycles. The van der Waals surface area contributed by atoms with E-state index < -0.39 is 0 Å². The van der Waals surface area contributed by atoms with Crippen molar-refractivity contribution in [1.82, 2.24) is 0 Å². The zero-order chi connectivity index (χ0) is 19.8. The second kappa shape index (κ2) is 9.43. The quantitative estimate of drug-likeness (QED) is 0.260. The van der Waals surface area contributed by atoms with Crippen molar-refractivity contribution in [2.24, 2.45) is 0 Å².